The zero-order chi connectivity index (χ0) is 6.91. The van der Waals surface area contributed by atoms with Gasteiger partial charge in [0.05, 0.1) is 0 Å². The lowest BCUT2D eigenvalue weighted by atomic mass is 10.8. The van der Waals surface area contributed by atoms with E-state index in [0.717, 1.165) is 5.03 Å². The van der Waals surface area contributed by atoms with Gasteiger partial charge in [-0.25, -0.2) is 10.0 Å². The largest absolute Gasteiger partial charge is 0.364 e. The van der Waals surface area contributed by atoms with Gasteiger partial charge in [-0.05, 0) is 18.8 Å². The average molecular weight is 145 g/mol. The smallest absolute Gasteiger partial charge is 0.124 e. The van der Waals surface area contributed by atoms with E-state index in [-0.39, 0.29) is 0 Å². The van der Waals surface area contributed by atoms with Crippen LogP contribution in [0.3, 0.4) is 0 Å². The van der Waals surface area contributed by atoms with E-state index in [1.54, 1.807) is 6.26 Å². The zero-order valence-electron chi connectivity index (χ0n) is 5.92. The fourth-order valence-electron chi connectivity index (χ4n) is 0.517. The minimum absolute atomic E-state index is 0.664. The van der Waals surface area contributed by atoms with E-state index >= 15 is 0 Å². The van der Waals surface area contributed by atoms with Crippen LogP contribution in [0.1, 0.15) is 0 Å². The molecule has 52 valence electrons. The molecule has 1 aromatic heterocycles. The molecule has 0 aliphatic carbocycles. The molecule has 0 aromatic carbocycles. The molecular weight excluding hydrogens is 134 g/mol. The Morgan fingerprint density at radius 3 is 2.33 bits per heavy atom. The second-order valence-electron chi connectivity index (χ2n) is 2.67. The third kappa shape index (κ3) is 1.48. The minimum atomic E-state index is -0.664. The molecule has 0 aliphatic heterocycles. The summed E-state index contributed by atoms with van der Waals surface area (Å²) in [5.41, 5.74) is 0. The Morgan fingerprint density at radius 1 is 1.44 bits per heavy atom. The van der Waals surface area contributed by atoms with E-state index in [1.807, 2.05) is 6.07 Å². The van der Waals surface area contributed by atoms with Crippen molar-refractivity contribution in [2.24, 2.45) is 0 Å². The predicted molar refractivity (Wildman–Crippen MR) is 40.1 cm³/mol. The van der Waals surface area contributed by atoms with Crippen LogP contribution < -0.4 is 0 Å². The van der Waals surface area contributed by atoms with Gasteiger partial charge in [0.1, 0.15) is 11.3 Å². The molecule has 0 saturated carbocycles. The summed E-state index contributed by atoms with van der Waals surface area (Å²) in [6.45, 7) is 0. The second kappa shape index (κ2) is 2.06. The Hall–Kier alpha value is -0.440. The fraction of sp³-hybridized carbons (Fsp3) is 0.500. The molecule has 0 spiro atoms. The van der Waals surface area contributed by atoms with Crippen molar-refractivity contribution < 1.29 is 4.52 Å². The van der Waals surface area contributed by atoms with Gasteiger partial charge in [-0.1, -0.05) is 5.16 Å². The standard InChI is InChI=1S/C6H11NOS/c1-9(2,3)6-4-5-8-7-6/h4-5H,1-3H3. The predicted octanol–water partition coefficient (Wildman–Crippen LogP) is 1.73. The molecule has 0 bridgehead atoms. The average Bonchev–Trinajstić information content (AvgIpc) is 2.08. The number of aromatic nitrogens is 1. The first-order chi connectivity index (χ1) is 4.11. The van der Waals surface area contributed by atoms with Crippen molar-refractivity contribution in [1.29, 1.82) is 0 Å². The molecular formula is C6H11NOS. The van der Waals surface area contributed by atoms with Gasteiger partial charge < -0.3 is 4.52 Å². The summed E-state index contributed by atoms with van der Waals surface area (Å²) < 4.78 is 4.71. The van der Waals surface area contributed by atoms with E-state index in [2.05, 4.69) is 23.9 Å². The number of rotatable bonds is 1. The summed E-state index contributed by atoms with van der Waals surface area (Å²) in [6, 6.07) is 1.93. The van der Waals surface area contributed by atoms with Crippen LogP contribution in [0.4, 0.5) is 0 Å². The molecule has 9 heavy (non-hydrogen) atoms. The van der Waals surface area contributed by atoms with Crippen LogP contribution in [0.25, 0.3) is 0 Å². The van der Waals surface area contributed by atoms with Gasteiger partial charge in [0.25, 0.3) is 0 Å². The summed E-state index contributed by atoms with van der Waals surface area (Å²) in [5, 5.41) is 4.94. The van der Waals surface area contributed by atoms with Crippen molar-refractivity contribution in [1.82, 2.24) is 5.16 Å². The summed E-state index contributed by atoms with van der Waals surface area (Å²) >= 11 is 0. The molecule has 3 heteroatoms. The summed E-state index contributed by atoms with van der Waals surface area (Å²) in [4.78, 5) is 0. The highest BCUT2D eigenvalue weighted by Crippen LogP contribution is 2.43. The van der Waals surface area contributed by atoms with Crippen molar-refractivity contribution in [3.8, 4) is 0 Å². The van der Waals surface area contributed by atoms with Crippen LogP contribution in [0.5, 0.6) is 0 Å². The number of nitrogens with zero attached hydrogens (tertiary/aromatic N) is 1. The van der Waals surface area contributed by atoms with Gasteiger partial charge in [0, 0.05) is 6.07 Å². The maximum absolute atomic E-state index is 4.71. The molecule has 0 amide bonds. The highest BCUT2D eigenvalue weighted by Gasteiger charge is 2.09. The monoisotopic (exact) mass is 145 g/mol. The van der Waals surface area contributed by atoms with Crippen molar-refractivity contribution in [2.75, 3.05) is 18.8 Å². The van der Waals surface area contributed by atoms with Gasteiger partial charge in [0.15, 0.2) is 0 Å². The van der Waals surface area contributed by atoms with Crippen LogP contribution >= 0.6 is 10.0 Å². The van der Waals surface area contributed by atoms with Gasteiger partial charge in [0.2, 0.25) is 0 Å². The highest BCUT2D eigenvalue weighted by molar-refractivity contribution is 8.32. The SMILES string of the molecule is CS(C)(C)c1ccon1. The number of hydrogen-bond acceptors (Lipinski definition) is 2. The Bertz CT molecular complexity index is 175. The summed E-state index contributed by atoms with van der Waals surface area (Å²) in [5.74, 6) is 0. The van der Waals surface area contributed by atoms with Crippen molar-refractivity contribution >= 4 is 10.0 Å². The van der Waals surface area contributed by atoms with E-state index < -0.39 is 10.0 Å². The fourth-order valence-corrected chi connectivity index (χ4v) is 1.25. The lowest BCUT2D eigenvalue weighted by Crippen LogP contribution is -1.91. The van der Waals surface area contributed by atoms with Crippen LogP contribution in [-0.4, -0.2) is 23.9 Å². The summed E-state index contributed by atoms with van der Waals surface area (Å²) in [7, 11) is -0.664. The Balaban J connectivity index is 2.90. The molecule has 0 N–H and O–H groups in total. The van der Waals surface area contributed by atoms with Crippen LogP contribution in [0.2, 0.25) is 0 Å². The quantitative estimate of drug-likeness (QED) is 0.601. The molecule has 0 unspecified atom stereocenters. The Morgan fingerprint density at radius 2 is 2.11 bits per heavy atom. The first-order valence-electron chi connectivity index (χ1n) is 2.69. The zero-order valence-corrected chi connectivity index (χ0v) is 6.73. The summed E-state index contributed by atoms with van der Waals surface area (Å²) in [6.07, 6.45) is 8.17. The van der Waals surface area contributed by atoms with Gasteiger partial charge in [-0.15, -0.1) is 0 Å². The van der Waals surface area contributed by atoms with Gasteiger partial charge in [-0.2, -0.15) is 0 Å². The molecule has 2 nitrogen and oxygen atoms in total. The maximum atomic E-state index is 4.71. The third-order valence-electron chi connectivity index (χ3n) is 1.04. The van der Waals surface area contributed by atoms with Crippen molar-refractivity contribution in [2.45, 2.75) is 5.03 Å². The normalized spacial score (nSPS) is 13.7. The van der Waals surface area contributed by atoms with E-state index in [9.17, 15) is 0 Å². The molecule has 1 heterocycles. The first kappa shape index (κ1) is 6.68. The first-order valence-corrected chi connectivity index (χ1v) is 5.55. The Labute approximate surface area is 56.6 Å². The Kier molecular flexibility index (Phi) is 1.53. The van der Waals surface area contributed by atoms with Gasteiger partial charge >= 0.3 is 0 Å². The van der Waals surface area contributed by atoms with E-state index in [1.165, 1.54) is 0 Å². The molecule has 0 fully saturated rings. The van der Waals surface area contributed by atoms with E-state index in [4.69, 9.17) is 4.52 Å². The second-order valence-corrected chi connectivity index (χ2v) is 6.77. The molecule has 1 aromatic rings. The lowest BCUT2D eigenvalue weighted by molar-refractivity contribution is 0.403. The molecule has 0 radical (unpaired) electrons. The van der Waals surface area contributed by atoms with Crippen LogP contribution in [0.15, 0.2) is 21.9 Å². The van der Waals surface area contributed by atoms with Crippen molar-refractivity contribution in [3.63, 3.8) is 0 Å². The lowest BCUT2D eigenvalue weighted by Gasteiger charge is -2.20. The molecule has 0 atom stereocenters. The topological polar surface area (TPSA) is 26.0 Å². The molecule has 0 aliphatic rings. The van der Waals surface area contributed by atoms with Crippen molar-refractivity contribution in [3.05, 3.63) is 12.3 Å². The van der Waals surface area contributed by atoms with Crippen LogP contribution in [-0.2, 0) is 0 Å². The molecule has 1 rings (SSSR count). The number of hydrogen-bond donors (Lipinski definition) is 0. The van der Waals surface area contributed by atoms with Crippen LogP contribution in [0, 0.1) is 0 Å². The molecule has 0 saturated heterocycles. The maximum Gasteiger partial charge on any atom is 0.124 e. The highest BCUT2D eigenvalue weighted by atomic mass is 32.3. The minimum Gasteiger partial charge on any atom is -0.364 e. The van der Waals surface area contributed by atoms with E-state index in [0.29, 0.717) is 0 Å². The third-order valence-corrected chi connectivity index (χ3v) is 2.51. The van der Waals surface area contributed by atoms with Gasteiger partial charge in [-0.3, -0.25) is 0 Å².